The summed E-state index contributed by atoms with van der Waals surface area (Å²) in [5, 5.41) is 3.55. The van der Waals surface area contributed by atoms with Crippen LogP contribution in [0.4, 0.5) is 11.4 Å². The second kappa shape index (κ2) is 5.96. The summed E-state index contributed by atoms with van der Waals surface area (Å²) in [6.07, 6.45) is 2.46. The molecule has 1 aromatic rings. The maximum atomic E-state index is 5.89. The van der Waals surface area contributed by atoms with Crippen molar-refractivity contribution in [3.8, 4) is 5.75 Å². The number of benzene rings is 1. The van der Waals surface area contributed by atoms with E-state index < -0.39 is 0 Å². The third-order valence-electron chi connectivity index (χ3n) is 3.24. The Balaban J connectivity index is 2.03. The molecule has 1 aromatic carbocycles. The highest BCUT2D eigenvalue weighted by molar-refractivity contribution is 5.59. The van der Waals surface area contributed by atoms with Crippen LogP contribution in [0, 0.1) is 0 Å². The van der Waals surface area contributed by atoms with Gasteiger partial charge in [-0.1, -0.05) is 0 Å². The van der Waals surface area contributed by atoms with Crippen molar-refractivity contribution in [3.05, 3.63) is 18.2 Å². The van der Waals surface area contributed by atoms with Crippen molar-refractivity contribution in [1.29, 1.82) is 0 Å². The molecule has 4 nitrogen and oxygen atoms in total. The Bertz CT molecular complexity index is 395. The molecule has 0 amide bonds. The fourth-order valence-electron chi connectivity index (χ4n) is 2.48. The number of nitrogen functional groups attached to an aromatic ring is 1. The molecule has 0 spiro atoms. The van der Waals surface area contributed by atoms with Crippen LogP contribution in [-0.4, -0.2) is 37.7 Å². The number of nitrogens with zero attached hydrogens (tertiary/aromatic N) is 1. The maximum Gasteiger partial charge on any atom is 0.123 e. The van der Waals surface area contributed by atoms with Gasteiger partial charge in [0, 0.05) is 36.1 Å². The normalized spacial score (nSPS) is 20.7. The number of likely N-dealkylation sites (N-methyl/N-ethyl adjacent to an activating group) is 1. The summed E-state index contributed by atoms with van der Waals surface area (Å²) in [6.45, 7) is 4.92. The van der Waals surface area contributed by atoms with Crippen LogP contribution in [0.5, 0.6) is 5.75 Å². The first-order chi connectivity index (χ1) is 8.67. The average molecular weight is 249 g/mol. The largest absolute Gasteiger partial charge is 0.494 e. The van der Waals surface area contributed by atoms with Gasteiger partial charge in [-0.25, -0.2) is 0 Å². The van der Waals surface area contributed by atoms with Crippen LogP contribution in [0.25, 0.3) is 0 Å². The second-order valence-corrected chi connectivity index (χ2v) is 4.97. The first kappa shape index (κ1) is 13.0. The van der Waals surface area contributed by atoms with Crippen LogP contribution in [-0.2, 0) is 0 Å². The van der Waals surface area contributed by atoms with Crippen LogP contribution in [0.1, 0.15) is 19.8 Å². The van der Waals surface area contributed by atoms with Gasteiger partial charge in [0.1, 0.15) is 5.75 Å². The van der Waals surface area contributed by atoms with E-state index in [9.17, 15) is 0 Å². The molecule has 3 N–H and O–H groups in total. The number of hydrogen-bond acceptors (Lipinski definition) is 4. The van der Waals surface area contributed by atoms with E-state index in [0.717, 1.165) is 23.7 Å². The zero-order valence-electron chi connectivity index (χ0n) is 11.3. The molecule has 1 heterocycles. The van der Waals surface area contributed by atoms with Gasteiger partial charge in [-0.05, 0) is 39.4 Å². The fourth-order valence-corrected chi connectivity index (χ4v) is 2.48. The summed E-state index contributed by atoms with van der Waals surface area (Å²) in [6, 6.07) is 6.35. The Kier molecular flexibility index (Phi) is 4.31. The van der Waals surface area contributed by atoms with Gasteiger partial charge >= 0.3 is 0 Å². The van der Waals surface area contributed by atoms with E-state index in [4.69, 9.17) is 10.5 Å². The molecule has 1 atom stereocenters. The minimum absolute atomic E-state index is 0.500. The van der Waals surface area contributed by atoms with Crippen LogP contribution in [0.3, 0.4) is 0 Å². The van der Waals surface area contributed by atoms with Crippen LogP contribution < -0.4 is 15.8 Å². The maximum absolute atomic E-state index is 5.89. The minimum Gasteiger partial charge on any atom is -0.494 e. The van der Waals surface area contributed by atoms with E-state index in [1.165, 1.54) is 19.4 Å². The third-order valence-corrected chi connectivity index (χ3v) is 3.24. The molecule has 0 aromatic heterocycles. The van der Waals surface area contributed by atoms with Gasteiger partial charge in [0.05, 0.1) is 6.61 Å². The number of nitrogens with two attached hydrogens (primary N) is 1. The Labute approximate surface area is 109 Å². The van der Waals surface area contributed by atoms with Gasteiger partial charge < -0.3 is 20.7 Å². The summed E-state index contributed by atoms with van der Waals surface area (Å²) >= 11 is 0. The van der Waals surface area contributed by atoms with Crippen LogP contribution >= 0.6 is 0 Å². The highest BCUT2D eigenvalue weighted by atomic mass is 16.5. The SMILES string of the molecule is CCOc1cc(N)cc(NC2CCCN(C)C2)c1. The summed E-state index contributed by atoms with van der Waals surface area (Å²) < 4.78 is 5.51. The lowest BCUT2D eigenvalue weighted by molar-refractivity contribution is 0.261. The van der Waals surface area contributed by atoms with E-state index in [-0.39, 0.29) is 0 Å². The zero-order chi connectivity index (χ0) is 13.0. The van der Waals surface area contributed by atoms with Crippen molar-refractivity contribution in [3.63, 3.8) is 0 Å². The van der Waals surface area contributed by atoms with Gasteiger partial charge in [0.15, 0.2) is 0 Å². The lowest BCUT2D eigenvalue weighted by Gasteiger charge is -2.31. The van der Waals surface area contributed by atoms with Gasteiger partial charge in [-0.2, -0.15) is 0 Å². The van der Waals surface area contributed by atoms with Crippen molar-refractivity contribution < 1.29 is 4.74 Å². The number of hydrogen-bond donors (Lipinski definition) is 2. The molecule has 1 fully saturated rings. The van der Waals surface area contributed by atoms with Crippen molar-refractivity contribution in [2.45, 2.75) is 25.8 Å². The molecule has 1 saturated heterocycles. The molecule has 0 bridgehead atoms. The van der Waals surface area contributed by atoms with Crippen molar-refractivity contribution in [2.24, 2.45) is 0 Å². The molecular weight excluding hydrogens is 226 g/mol. The highest BCUT2D eigenvalue weighted by Gasteiger charge is 2.16. The standard InChI is InChI=1S/C14H23N3O/c1-3-18-14-8-11(15)7-13(9-14)16-12-5-4-6-17(2)10-12/h7-9,12,16H,3-6,10,15H2,1-2H3. The summed E-state index contributed by atoms with van der Waals surface area (Å²) in [4.78, 5) is 2.36. The number of anilines is 2. The summed E-state index contributed by atoms with van der Waals surface area (Å²) in [7, 11) is 2.17. The number of ether oxygens (including phenoxy) is 1. The first-order valence-corrected chi connectivity index (χ1v) is 6.66. The van der Waals surface area contributed by atoms with Crippen molar-refractivity contribution >= 4 is 11.4 Å². The number of piperidine rings is 1. The summed E-state index contributed by atoms with van der Waals surface area (Å²) in [5.41, 5.74) is 7.69. The average Bonchev–Trinajstić information content (AvgIpc) is 2.28. The van der Waals surface area contributed by atoms with Gasteiger partial charge in [0.25, 0.3) is 0 Å². The molecule has 1 aliphatic rings. The molecule has 1 aliphatic heterocycles. The molecule has 1 unspecified atom stereocenters. The van der Waals surface area contributed by atoms with Gasteiger partial charge in [-0.3, -0.25) is 0 Å². The monoisotopic (exact) mass is 249 g/mol. The molecule has 2 rings (SSSR count). The Hall–Kier alpha value is -1.42. The van der Waals surface area contributed by atoms with E-state index in [0.29, 0.717) is 12.6 Å². The molecular formula is C14H23N3O. The zero-order valence-corrected chi connectivity index (χ0v) is 11.3. The van der Waals surface area contributed by atoms with E-state index in [1.54, 1.807) is 0 Å². The van der Waals surface area contributed by atoms with Crippen molar-refractivity contribution in [2.75, 3.05) is 37.8 Å². The van der Waals surface area contributed by atoms with E-state index in [1.807, 2.05) is 25.1 Å². The lowest BCUT2D eigenvalue weighted by Crippen LogP contribution is -2.39. The first-order valence-electron chi connectivity index (χ1n) is 6.66. The molecule has 18 heavy (non-hydrogen) atoms. The number of likely N-dealkylation sites (tertiary alicyclic amines) is 1. The molecule has 4 heteroatoms. The molecule has 100 valence electrons. The van der Waals surface area contributed by atoms with Crippen LogP contribution in [0.15, 0.2) is 18.2 Å². The minimum atomic E-state index is 0.500. The summed E-state index contributed by atoms with van der Waals surface area (Å²) in [5.74, 6) is 0.837. The van der Waals surface area contributed by atoms with E-state index >= 15 is 0 Å². The third kappa shape index (κ3) is 3.53. The van der Waals surface area contributed by atoms with Crippen molar-refractivity contribution in [1.82, 2.24) is 4.90 Å². The lowest BCUT2D eigenvalue weighted by atomic mass is 10.1. The fraction of sp³-hybridized carbons (Fsp3) is 0.571. The Morgan fingerprint density at radius 2 is 2.28 bits per heavy atom. The number of rotatable bonds is 4. The smallest absolute Gasteiger partial charge is 0.123 e. The van der Waals surface area contributed by atoms with Gasteiger partial charge in [-0.15, -0.1) is 0 Å². The Morgan fingerprint density at radius 1 is 1.44 bits per heavy atom. The molecule has 0 saturated carbocycles. The Morgan fingerprint density at radius 3 is 3.00 bits per heavy atom. The molecule has 0 radical (unpaired) electrons. The number of nitrogens with one attached hydrogen (secondary N) is 1. The predicted molar refractivity (Wildman–Crippen MR) is 76.2 cm³/mol. The highest BCUT2D eigenvalue weighted by Crippen LogP contribution is 2.24. The molecule has 0 aliphatic carbocycles. The second-order valence-electron chi connectivity index (χ2n) is 4.97. The topological polar surface area (TPSA) is 50.5 Å². The van der Waals surface area contributed by atoms with Crippen LogP contribution in [0.2, 0.25) is 0 Å². The van der Waals surface area contributed by atoms with E-state index in [2.05, 4.69) is 17.3 Å². The quantitative estimate of drug-likeness (QED) is 0.803. The predicted octanol–water partition coefficient (Wildman–Crippen LogP) is 2.17. The van der Waals surface area contributed by atoms with Gasteiger partial charge in [0.2, 0.25) is 0 Å².